The maximum atomic E-state index is 16.1. The van der Waals surface area contributed by atoms with E-state index in [2.05, 4.69) is 20.6 Å². The predicted octanol–water partition coefficient (Wildman–Crippen LogP) is 7.56. The van der Waals surface area contributed by atoms with Gasteiger partial charge in [0, 0.05) is 54.1 Å². The third-order valence-corrected chi connectivity index (χ3v) is 11.3. The highest BCUT2D eigenvalue weighted by Gasteiger charge is 2.46. The van der Waals surface area contributed by atoms with Crippen LogP contribution in [0, 0.1) is 5.92 Å². The van der Waals surface area contributed by atoms with Crippen LogP contribution in [0.2, 0.25) is 0 Å². The first kappa shape index (κ1) is 38.2. The van der Waals surface area contributed by atoms with Crippen LogP contribution < -0.4 is 20.3 Å². The molecule has 2 aromatic carbocycles. The van der Waals surface area contributed by atoms with E-state index >= 15 is 8.78 Å². The Morgan fingerprint density at radius 3 is 2.53 bits per heavy atom. The Morgan fingerprint density at radius 1 is 1.00 bits per heavy atom. The summed E-state index contributed by atoms with van der Waals surface area (Å²) < 4.78 is 79.0. The molecule has 3 aromatic heterocycles. The topological polar surface area (TPSA) is 135 Å². The minimum absolute atomic E-state index is 0.0699. The van der Waals surface area contributed by atoms with Crippen LogP contribution in [0.4, 0.5) is 38.1 Å². The van der Waals surface area contributed by atoms with E-state index in [1.54, 1.807) is 36.5 Å². The summed E-state index contributed by atoms with van der Waals surface area (Å²) in [5, 5.41) is 11.6. The number of piperidine rings is 1. The number of halogens is 5. The van der Waals surface area contributed by atoms with E-state index in [-0.39, 0.29) is 55.2 Å². The fourth-order valence-electron chi connectivity index (χ4n) is 8.45. The number of anilines is 2. The van der Waals surface area contributed by atoms with Gasteiger partial charge in [-0.3, -0.25) is 34.4 Å². The summed E-state index contributed by atoms with van der Waals surface area (Å²) in [4.78, 5) is 48.2. The van der Waals surface area contributed by atoms with Crippen LogP contribution in [0.3, 0.4) is 0 Å². The Morgan fingerprint density at radius 2 is 1.79 bits per heavy atom. The second kappa shape index (κ2) is 15.0. The Balaban J connectivity index is 0.897. The summed E-state index contributed by atoms with van der Waals surface area (Å²) in [6.07, 6.45) is 3.89. The minimum atomic E-state index is -4.70. The van der Waals surface area contributed by atoms with Gasteiger partial charge >= 0.3 is 12.2 Å². The average Bonchev–Trinajstić information content (AvgIpc) is 3.60. The molecule has 1 atom stereocenters. The lowest BCUT2D eigenvalue weighted by Gasteiger charge is -2.41. The van der Waals surface area contributed by atoms with Crippen LogP contribution in [0.5, 0.6) is 5.75 Å². The number of pyridine rings is 2. The number of amides is 4. The van der Waals surface area contributed by atoms with Gasteiger partial charge < -0.3 is 10.1 Å². The maximum absolute atomic E-state index is 16.1. The molecule has 0 bridgehead atoms. The molecule has 2 aliphatic heterocycles. The quantitative estimate of drug-likeness (QED) is 0.154. The molecule has 57 heavy (non-hydrogen) atoms. The van der Waals surface area contributed by atoms with E-state index in [1.165, 1.54) is 24.3 Å². The van der Waals surface area contributed by atoms with Gasteiger partial charge in [0.05, 0.1) is 48.7 Å². The number of hydrogen-bond donors (Lipinski definition) is 2. The van der Waals surface area contributed by atoms with Crippen LogP contribution in [0.15, 0.2) is 67.1 Å². The molecule has 0 radical (unpaired) electrons. The zero-order valence-electron chi connectivity index (χ0n) is 30.9. The van der Waals surface area contributed by atoms with Gasteiger partial charge in [0.25, 0.3) is 11.8 Å². The van der Waals surface area contributed by atoms with Crippen molar-refractivity contribution in [1.29, 1.82) is 0 Å². The number of benzene rings is 2. The van der Waals surface area contributed by atoms with Gasteiger partial charge in [-0.15, -0.1) is 0 Å². The molecule has 5 heterocycles. The number of rotatable bonds is 8. The van der Waals surface area contributed by atoms with Crippen molar-refractivity contribution in [3.05, 3.63) is 84.1 Å². The fourth-order valence-corrected chi connectivity index (χ4v) is 8.45. The number of carbonyl (C=O) groups excluding carboxylic acids is 3. The van der Waals surface area contributed by atoms with Gasteiger partial charge in [0.1, 0.15) is 17.1 Å². The third-order valence-electron chi connectivity index (χ3n) is 11.3. The first-order valence-corrected chi connectivity index (χ1v) is 18.8. The van der Waals surface area contributed by atoms with Crippen molar-refractivity contribution in [3.63, 3.8) is 0 Å². The highest BCUT2D eigenvalue weighted by Crippen LogP contribution is 2.45. The fraction of sp³-hybridized carbons (Fsp3) is 0.400. The summed E-state index contributed by atoms with van der Waals surface area (Å²) >= 11 is 0. The van der Waals surface area contributed by atoms with E-state index in [9.17, 15) is 27.6 Å². The normalized spacial score (nSPS) is 21.8. The first-order valence-electron chi connectivity index (χ1n) is 18.8. The molecule has 1 aliphatic carbocycles. The zero-order chi connectivity index (χ0) is 40.1. The van der Waals surface area contributed by atoms with Crippen LogP contribution in [-0.2, 0) is 11.0 Å². The van der Waals surface area contributed by atoms with Crippen LogP contribution in [0.1, 0.15) is 72.2 Å². The van der Waals surface area contributed by atoms with Gasteiger partial charge in [-0.05, 0) is 68.3 Å². The van der Waals surface area contributed by atoms with Gasteiger partial charge in [-0.1, -0.05) is 24.3 Å². The minimum Gasteiger partial charge on any atom is -0.494 e. The molecule has 12 nitrogen and oxygen atoms in total. The van der Waals surface area contributed by atoms with Crippen molar-refractivity contribution < 1.29 is 41.1 Å². The van der Waals surface area contributed by atoms with Gasteiger partial charge in [0.2, 0.25) is 5.91 Å². The molecule has 3 fully saturated rings. The van der Waals surface area contributed by atoms with Crippen molar-refractivity contribution in [2.75, 3.05) is 43.5 Å². The molecule has 8 rings (SSSR count). The van der Waals surface area contributed by atoms with Gasteiger partial charge in [-0.25, -0.2) is 18.6 Å². The van der Waals surface area contributed by atoms with Crippen molar-refractivity contribution in [3.8, 4) is 5.75 Å². The molecular weight excluding hydrogens is 751 g/mol. The average molecular weight is 791 g/mol. The van der Waals surface area contributed by atoms with Crippen molar-refractivity contribution in [2.24, 2.45) is 5.92 Å². The number of hydrogen-bond acceptors (Lipinski definition) is 8. The SMILES string of the molecule is COc1cc2nn(C3CCC(CN4CCC(c5cccc6c(N7CCC(=O)NC7=O)cncc56)C(F)(F)C4)CC3)cc2cc1NC(=O)c1cccc(C(F)(F)F)n1. The van der Waals surface area contributed by atoms with E-state index in [4.69, 9.17) is 9.84 Å². The molecule has 17 heteroatoms. The van der Waals surface area contributed by atoms with E-state index < -0.39 is 41.3 Å². The molecule has 3 aliphatic rings. The van der Waals surface area contributed by atoms with Crippen LogP contribution in [-0.4, -0.2) is 81.7 Å². The smallest absolute Gasteiger partial charge is 0.433 e. The number of ether oxygens (including phenoxy) is 1. The Kier molecular flexibility index (Phi) is 10.0. The summed E-state index contributed by atoms with van der Waals surface area (Å²) in [6.45, 7) is 0.876. The molecule has 1 saturated carbocycles. The number of nitrogens with zero attached hydrogens (tertiary/aromatic N) is 6. The standard InChI is InChI=1S/C40H39F5N8O4/c1-57-34-17-31-24(16-32(34)48-37(55)30-6-3-7-35(47-30)40(43,44)45)21-53(50-31)25-10-8-23(9-11-25)20-51-14-12-29(39(41,42)22-51)26-4-2-5-27-28(26)18-46-19-33(27)52-15-13-36(54)49-38(52)56/h2-7,16-19,21,23,25,29H,8-15,20,22H2,1H3,(H,48,55)(H,49,54,56). The number of urea groups is 1. The largest absolute Gasteiger partial charge is 0.494 e. The van der Waals surface area contributed by atoms with Crippen molar-refractivity contribution in [2.45, 2.75) is 62.6 Å². The van der Waals surface area contributed by atoms with Crippen molar-refractivity contribution in [1.82, 2.24) is 30.0 Å². The second-order valence-electron chi connectivity index (χ2n) is 14.9. The summed E-state index contributed by atoms with van der Waals surface area (Å²) in [5.41, 5.74) is 0.269. The highest BCUT2D eigenvalue weighted by atomic mass is 19.4. The third kappa shape index (κ3) is 7.72. The summed E-state index contributed by atoms with van der Waals surface area (Å²) in [6, 6.07) is 11.2. The van der Waals surface area contributed by atoms with E-state index in [0.29, 0.717) is 46.0 Å². The molecule has 1 unspecified atom stereocenters. The summed E-state index contributed by atoms with van der Waals surface area (Å²) in [7, 11) is 1.41. The molecule has 4 amide bonds. The molecule has 298 valence electrons. The first-order chi connectivity index (χ1) is 27.3. The lowest BCUT2D eigenvalue weighted by atomic mass is 9.82. The highest BCUT2D eigenvalue weighted by molar-refractivity contribution is 6.10. The zero-order valence-corrected chi connectivity index (χ0v) is 30.9. The predicted molar refractivity (Wildman–Crippen MR) is 200 cm³/mol. The number of imide groups is 1. The lowest BCUT2D eigenvalue weighted by Crippen LogP contribution is -2.49. The number of nitrogens with one attached hydrogen (secondary N) is 2. The van der Waals surface area contributed by atoms with Gasteiger partial charge in [0.15, 0.2) is 0 Å². The molecule has 0 spiro atoms. The number of fused-ring (bicyclic) bond motifs is 2. The van der Waals surface area contributed by atoms with E-state index in [1.807, 2.05) is 15.8 Å². The Labute approximate surface area is 323 Å². The molecular formula is C40H39F5N8O4. The number of methoxy groups -OCH3 is 1. The maximum Gasteiger partial charge on any atom is 0.433 e. The second-order valence-corrected chi connectivity index (χ2v) is 14.9. The Hall–Kier alpha value is -5.71. The lowest BCUT2D eigenvalue weighted by molar-refractivity contribution is -0.141. The molecule has 5 aromatic rings. The molecule has 2 N–H and O–H groups in total. The van der Waals surface area contributed by atoms with Crippen molar-refractivity contribution >= 4 is 50.9 Å². The number of aromatic nitrogens is 4. The van der Waals surface area contributed by atoms with Gasteiger partial charge in [-0.2, -0.15) is 18.3 Å². The molecule has 2 saturated heterocycles. The number of carbonyl (C=O) groups is 3. The van der Waals surface area contributed by atoms with Crippen LogP contribution in [0.25, 0.3) is 21.7 Å². The number of likely N-dealkylation sites (tertiary alicyclic amines) is 1. The summed E-state index contributed by atoms with van der Waals surface area (Å²) in [5.74, 6) is -4.70. The Bertz CT molecular complexity index is 2360. The monoisotopic (exact) mass is 790 g/mol. The number of alkyl halides is 5. The van der Waals surface area contributed by atoms with E-state index in [0.717, 1.165) is 37.8 Å². The van der Waals surface area contributed by atoms with Crippen LogP contribution >= 0.6 is 0 Å².